The van der Waals surface area contributed by atoms with Gasteiger partial charge in [0.15, 0.2) is 0 Å². The van der Waals surface area contributed by atoms with Crippen LogP contribution in [0.1, 0.15) is 26.3 Å². The number of pyridine rings is 1. The zero-order chi connectivity index (χ0) is 15.6. The Labute approximate surface area is 120 Å². The molecular weight excluding hydrogens is 276 g/mol. The highest BCUT2D eigenvalue weighted by Crippen LogP contribution is 2.20. The first kappa shape index (κ1) is 14.8. The van der Waals surface area contributed by atoms with Gasteiger partial charge >= 0.3 is 11.8 Å². The summed E-state index contributed by atoms with van der Waals surface area (Å²) in [5, 5.41) is 8.45. The number of ether oxygens (including phenoxy) is 1. The van der Waals surface area contributed by atoms with E-state index in [1.54, 1.807) is 33.8 Å². The molecular formula is C13H16N4O4. The number of aryl methyl sites for hydroxylation is 1. The third kappa shape index (κ3) is 3.91. The smallest absolute Gasteiger partial charge is 0.434 e. The van der Waals surface area contributed by atoms with E-state index in [0.29, 0.717) is 16.9 Å². The average molecular weight is 292 g/mol. The van der Waals surface area contributed by atoms with Crippen molar-refractivity contribution in [3.05, 3.63) is 28.4 Å². The molecule has 0 fully saturated rings. The van der Waals surface area contributed by atoms with E-state index in [0.717, 1.165) is 0 Å². The van der Waals surface area contributed by atoms with E-state index in [2.05, 4.69) is 20.5 Å². The van der Waals surface area contributed by atoms with Crippen LogP contribution in [0.3, 0.4) is 0 Å². The summed E-state index contributed by atoms with van der Waals surface area (Å²) in [5.41, 5.74) is 1.01. The molecule has 21 heavy (non-hydrogen) atoms. The summed E-state index contributed by atoms with van der Waals surface area (Å²) in [6, 6.07) is 1.68. The molecule has 0 saturated heterocycles. The van der Waals surface area contributed by atoms with Crippen molar-refractivity contribution in [1.82, 2.24) is 15.2 Å². The molecule has 8 nitrogen and oxygen atoms in total. The molecule has 0 bridgehead atoms. The zero-order valence-corrected chi connectivity index (χ0v) is 12.2. The molecule has 0 aliphatic rings. The number of anilines is 1. The maximum atomic E-state index is 11.7. The highest BCUT2D eigenvalue weighted by molar-refractivity contribution is 5.85. The van der Waals surface area contributed by atoms with Crippen LogP contribution in [0.25, 0.3) is 11.6 Å². The van der Waals surface area contributed by atoms with Crippen molar-refractivity contribution >= 4 is 11.8 Å². The van der Waals surface area contributed by atoms with Gasteiger partial charge in [-0.2, -0.15) is 0 Å². The van der Waals surface area contributed by atoms with Gasteiger partial charge in [-0.3, -0.25) is 5.32 Å². The monoisotopic (exact) mass is 292 g/mol. The summed E-state index contributed by atoms with van der Waals surface area (Å²) in [4.78, 5) is 26.7. The molecule has 0 radical (unpaired) electrons. The molecule has 2 heterocycles. The minimum atomic E-state index is -0.651. The lowest BCUT2D eigenvalue weighted by Gasteiger charge is -2.19. The van der Waals surface area contributed by atoms with Crippen LogP contribution in [0, 0.1) is 6.92 Å². The summed E-state index contributed by atoms with van der Waals surface area (Å²) in [5.74, 6) is -0.552. The highest BCUT2D eigenvalue weighted by atomic mass is 16.6. The van der Waals surface area contributed by atoms with Crippen molar-refractivity contribution in [3.63, 3.8) is 0 Å². The Hall–Kier alpha value is -2.64. The van der Waals surface area contributed by atoms with Crippen molar-refractivity contribution < 1.29 is 13.9 Å². The lowest BCUT2D eigenvalue weighted by Crippen LogP contribution is -2.27. The molecule has 2 rings (SSSR count). The fourth-order valence-electron chi connectivity index (χ4n) is 1.62. The first-order chi connectivity index (χ1) is 9.74. The summed E-state index contributed by atoms with van der Waals surface area (Å²) < 4.78 is 9.99. The second-order valence-electron chi connectivity index (χ2n) is 5.43. The van der Waals surface area contributed by atoms with Gasteiger partial charge in [0.25, 0.3) is 5.89 Å². The van der Waals surface area contributed by atoms with Gasteiger partial charge in [-0.05, 0) is 39.3 Å². The Morgan fingerprint density at radius 1 is 1.43 bits per heavy atom. The Morgan fingerprint density at radius 2 is 2.14 bits per heavy atom. The molecule has 0 aliphatic carbocycles. The number of amides is 1. The first-order valence-corrected chi connectivity index (χ1v) is 6.27. The van der Waals surface area contributed by atoms with Gasteiger partial charge in [-0.25, -0.2) is 19.7 Å². The Balaban J connectivity index is 2.16. The Kier molecular flexibility index (Phi) is 3.79. The molecule has 8 heteroatoms. The lowest BCUT2D eigenvalue weighted by molar-refractivity contribution is 0.0636. The minimum absolute atomic E-state index is 0.0984. The molecule has 0 unspecified atom stereocenters. The van der Waals surface area contributed by atoms with Crippen LogP contribution in [0.2, 0.25) is 0 Å². The molecule has 2 aromatic rings. The quantitative estimate of drug-likeness (QED) is 0.876. The molecule has 0 aromatic carbocycles. The maximum absolute atomic E-state index is 11.7. The second-order valence-corrected chi connectivity index (χ2v) is 5.43. The van der Waals surface area contributed by atoms with Crippen molar-refractivity contribution in [2.45, 2.75) is 33.3 Å². The number of hydrogen-bond donors (Lipinski definition) is 2. The fraction of sp³-hybridized carbons (Fsp3) is 0.385. The van der Waals surface area contributed by atoms with Crippen LogP contribution in [0.4, 0.5) is 10.5 Å². The van der Waals surface area contributed by atoms with Gasteiger partial charge in [0.2, 0.25) is 0 Å². The average Bonchev–Trinajstić information content (AvgIpc) is 2.73. The molecule has 0 saturated carbocycles. The van der Waals surface area contributed by atoms with E-state index < -0.39 is 17.5 Å². The topological polar surface area (TPSA) is 110 Å². The first-order valence-electron chi connectivity index (χ1n) is 6.27. The second kappa shape index (κ2) is 5.39. The van der Waals surface area contributed by atoms with Gasteiger partial charge < -0.3 is 9.15 Å². The van der Waals surface area contributed by atoms with E-state index in [-0.39, 0.29) is 5.89 Å². The Bertz CT molecular complexity index is 711. The highest BCUT2D eigenvalue weighted by Gasteiger charge is 2.17. The molecule has 1 amide bonds. The normalized spacial score (nSPS) is 11.2. The van der Waals surface area contributed by atoms with E-state index in [4.69, 9.17) is 9.15 Å². The summed E-state index contributed by atoms with van der Waals surface area (Å²) in [7, 11) is 0. The van der Waals surface area contributed by atoms with Crippen molar-refractivity contribution in [2.24, 2.45) is 0 Å². The van der Waals surface area contributed by atoms with Gasteiger partial charge in [-0.15, -0.1) is 5.10 Å². The van der Waals surface area contributed by atoms with E-state index in [1.165, 1.54) is 6.20 Å². The van der Waals surface area contributed by atoms with Crippen molar-refractivity contribution in [2.75, 3.05) is 5.32 Å². The molecule has 0 atom stereocenters. The molecule has 0 spiro atoms. The predicted octanol–water partition coefficient (Wildman–Crippen LogP) is 2.08. The zero-order valence-electron chi connectivity index (χ0n) is 12.2. The summed E-state index contributed by atoms with van der Waals surface area (Å²) >= 11 is 0. The van der Waals surface area contributed by atoms with Crippen molar-refractivity contribution in [3.8, 4) is 11.6 Å². The number of carbonyl (C=O) groups excluding carboxylic acids is 1. The van der Waals surface area contributed by atoms with Gasteiger partial charge in [0.05, 0.1) is 11.9 Å². The van der Waals surface area contributed by atoms with Gasteiger partial charge in [0.1, 0.15) is 11.3 Å². The molecule has 0 aliphatic heterocycles. The third-order valence-electron chi connectivity index (χ3n) is 2.36. The molecule has 2 N–H and O–H groups in total. The number of nitrogens with one attached hydrogen (secondary N) is 2. The fourth-order valence-corrected chi connectivity index (χ4v) is 1.62. The van der Waals surface area contributed by atoms with Crippen molar-refractivity contribution in [1.29, 1.82) is 0 Å². The van der Waals surface area contributed by atoms with Gasteiger partial charge in [0, 0.05) is 0 Å². The number of aromatic nitrogens is 3. The van der Waals surface area contributed by atoms with Crippen LogP contribution in [0.15, 0.2) is 21.5 Å². The van der Waals surface area contributed by atoms with E-state index in [1.807, 2.05) is 0 Å². The maximum Gasteiger partial charge on any atom is 0.434 e. The number of rotatable bonds is 2. The lowest BCUT2D eigenvalue weighted by atomic mass is 10.2. The van der Waals surface area contributed by atoms with Crippen LogP contribution < -0.4 is 11.1 Å². The van der Waals surface area contributed by atoms with E-state index >= 15 is 0 Å². The number of carbonyl (C=O) groups is 1. The largest absolute Gasteiger partial charge is 0.444 e. The van der Waals surface area contributed by atoms with Crippen LogP contribution in [-0.2, 0) is 4.74 Å². The number of hydrogen-bond acceptors (Lipinski definition) is 6. The minimum Gasteiger partial charge on any atom is -0.444 e. The number of H-pyrrole nitrogens is 1. The molecule has 2 aromatic heterocycles. The Morgan fingerprint density at radius 3 is 2.67 bits per heavy atom. The number of nitrogens with zero attached hydrogens (tertiary/aromatic N) is 2. The third-order valence-corrected chi connectivity index (χ3v) is 2.36. The van der Waals surface area contributed by atoms with Gasteiger partial charge in [-0.1, -0.05) is 0 Å². The van der Waals surface area contributed by atoms with Crippen LogP contribution in [0.5, 0.6) is 0 Å². The van der Waals surface area contributed by atoms with Crippen LogP contribution >= 0.6 is 0 Å². The van der Waals surface area contributed by atoms with E-state index in [9.17, 15) is 9.59 Å². The molecule has 112 valence electrons. The number of aromatic amines is 1. The summed E-state index contributed by atoms with van der Waals surface area (Å²) in [6.45, 7) is 7.09. The standard InChI is InChI=1S/C13H16N4O4/c1-7-5-8(15-11(18)21-13(2,3)4)6-14-9(7)10-16-17-12(19)20-10/h5-6H,1-4H3,(H,15,18)(H,17,19). The van der Waals surface area contributed by atoms with Crippen LogP contribution in [-0.4, -0.2) is 26.9 Å². The predicted molar refractivity (Wildman–Crippen MR) is 74.9 cm³/mol. The summed E-state index contributed by atoms with van der Waals surface area (Å²) in [6.07, 6.45) is 0.865. The SMILES string of the molecule is Cc1cc(NC(=O)OC(C)(C)C)cnc1-c1n[nH]c(=O)o1.